The molecule has 0 aromatic heterocycles. The maximum atomic E-state index is 11.0. The molecular weight excluding hydrogens is 274 g/mol. The van der Waals surface area contributed by atoms with Crippen LogP contribution in [0.1, 0.15) is 19.8 Å². The summed E-state index contributed by atoms with van der Waals surface area (Å²) >= 11 is 0. The first kappa shape index (κ1) is 16.8. The Kier molecular flexibility index (Phi) is 5.84. The first-order chi connectivity index (χ1) is 9.23. The summed E-state index contributed by atoms with van der Waals surface area (Å²) in [6.45, 7) is 1.46. The molecule has 1 fully saturated rings. The van der Waals surface area contributed by atoms with E-state index in [1.54, 1.807) is 0 Å². The van der Waals surface area contributed by atoms with E-state index < -0.39 is 48.6 Å². The molecular formula is C11H19NO8. The van der Waals surface area contributed by atoms with E-state index in [0.717, 1.165) is 0 Å². The summed E-state index contributed by atoms with van der Waals surface area (Å²) in [5, 5.41) is 48.8. The summed E-state index contributed by atoms with van der Waals surface area (Å²) in [4.78, 5) is 21.5. The molecule has 1 rings (SSSR count). The molecule has 1 saturated heterocycles. The highest BCUT2D eigenvalue weighted by molar-refractivity contribution is 5.75. The van der Waals surface area contributed by atoms with Gasteiger partial charge < -0.3 is 30.3 Å². The second-order valence-electron chi connectivity index (χ2n) is 4.72. The van der Waals surface area contributed by atoms with Crippen LogP contribution >= 0.6 is 0 Å². The highest BCUT2D eigenvalue weighted by Gasteiger charge is 2.42. The fourth-order valence-electron chi connectivity index (χ4n) is 1.93. The molecule has 9 heteroatoms. The van der Waals surface area contributed by atoms with Crippen molar-refractivity contribution in [1.82, 2.24) is 5.32 Å². The van der Waals surface area contributed by atoms with Crippen LogP contribution in [-0.2, 0) is 14.3 Å². The van der Waals surface area contributed by atoms with E-state index >= 15 is 0 Å². The van der Waals surface area contributed by atoms with Gasteiger partial charge in [0.2, 0.25) is 0 Å². The fourth-order valence-corrected chi connectivity index (χ4v) is 1.93. The van der Waals surface area contributed by atoms with Gasteiger partial charge in [0.1, 0.15) is 30.6 Å². The van der Waals surface area contributed by atoms with Crippen molar-refractivity contribution >= 4 is 11.9 Å². The average Bonchev–Trinajstić information content (AvgIpc) is 2.37. The third-order valence-corrected chi connectivity index (χ3v) is 3.16. The first-order valence-corrected chi connectivity index (χ1v) is 6.14. The predicted octanol–water partition coefficient (Wildman–Crippen LogP) is -2.28. The van der Waals surface area contributed by atoms with Crippen LogP contribution in [0.15, 0.2) is 0 Å². The summed E-state index contributed by atoms with van der Waals surface area (Å²) in [5.74, 6) is -2.44. The number of carboxylic acids is 2. The second kappa shape index (κ2) is 6.95. The molecule has 0 spiro atoms. The number of hydrogen-bond acceptors (Lipinski definition) is 7. The van der Waals surface area contributed by atoms with Gasteiger partial charge in [0.05, 0.1) is 6.10 Å². The van der Waals surface area contributed by atoms with Gasteiger partial charge in [0, 0.05) is 6.42 Å². The molecule has 0 saturated carbocycles. The van der Waals surface area contributed by atoms with E-state index in [0.29, 0.717) is 0 Å². The number of nitrogens with one attached hydrogen (secondary N) is 1. The Labute approximate surface area is 114 Å². The molecule has 0 aliphatic carbocycles. The van der Waals surface area contributed by atoms with E-state index in [1.165, 1.54) is 6.92 Å². The SMILES string of the molecule is C[C@@H]1OC(NC(CCC(=O)O)C(=O)O)[C@@H](O)[C@H](O)[C@@H]1O. The summed E-state index contributed by atoms with van der Waals surface area (Å²) in [6.07, 6.45) is -6.88. The molecule has 0 aromatic carbocycles. The number of ether oxygens (including phenoxy) is 1. The fraction of sp³-hybridized carbons (Fsp3) is 0.818. The number of aliphatic hydroxyl groups excluding tert-OH is 3. The Balaban J connectivity index is 2.67. The Bertz CT molecular complexity index is 362. The number of hydrogen-bond donors (Lipinski definition) is 6. The number of aliphatic hydroxyl groups is 3. The Morgan fingerprint density at radius 3 is 2.25 bits per heavy atom. The van der Waals surface area contributed by atoms with Gasteiger partial charge in [-0.3, -0.25) is 14.9 Å². The van der Waals surface area contributed by atoms with Gasteiger partial charge in [-0.1, -0.05) is 0 Å². The lowest BCUT2D eigenvalue weighted by Crippen LogP contribution is -2.63. The van der Waals surface area contributed by atoms with Crippen molar-refractivity contribution < 1.29 is 39.9 Å². The largest absolute Gasteiger partial charge is 0.481 e. The normalized spacial score (nSPS) is 35.5. The molecule has 9 nitrogen and oxygen atoms in total. The van der Waals surface area contributed by atoms with Gasteiger partial charge >= 0.3 is 11.9 Å². The van der Waals surface area contributed by atoms with Crippen molar-refractivity contribution in [2.24, 2.45) is 0 Å². The van der Waals surface area contributed by atoms with E-state index in [2.05, 4.69) is 5.32 Å². The molecule has 2 unspecified atom stereocenters. The van der Waals surface area contributed by atoms with Gasteiger partial charge in [-0.15, -0.1) is 0 Å². The van der Waals surface area contributed by atoms with Crippen LogP contribution < -0.4 is 5.32 Å². The van der Waals surface area contributed by atoms with Crippen LogP contribution in [0, 0.1) is 0 Å². The van der Waals surface area contributed by atoms with Gasteiger partial charge in [-0.25, -0.2) is 0 Å². The molecule has 20 heavy (non-hydrogen) atoms. The van der Waals surface area contributed by atoms with Crippen molar-refractivity contribution in [3.63, 3.8) is 0 Å². The van der Waals surface area contributed by atoms with Crippen molar-refractivity contribution in [1.29, 1.82) is 0 Å². The van der Waals surface area contributed by atoms with Gasteiger partial charge in [-0.2, -0.15) is 0 Å². The van der Waals surface area contributed by atoms with Gasteiger partial charge in [0.25, 0.3) is 0 Å². The van der Waals surface area contributed by atoms with Crippen molar-refractivity contribution in [3.8, 4) is 0 Å². The molecule has 0 radical (unpaired) electrons. The zero-order chi connectivity index (χ0) is 15.4. The highest BCUT2D eigenvalue weighted by Crippen LogP contribution is 2.20. The van der Waals surface area contributed by atoms with Gasteiger partial charge in [0.15, 0.2) is 0 Å². The standard InChI is InChI=1S/C11H19NO8/c1-4-7(15)8(16)9(17)10(20-4)12-5(11(18)19)2-3-6(13)14/h4-5,7-10,12,15-17H,2-3H2,1H3,(H,13,14)(H,18,19)/t4-,5?,7+,8+,9-,10?/m0/s1. The lowest BCUT2D eigenvalue weighted by atomic mass is 9.98. The number of carbonyl (C=O) groups is 2. The van der Waals surface area contributed by atoms with Gasteiger partial charge in [-0.05, 0) is 13.3 Å². The van der Waals surface area contributed by atoms with Crippen LogP contribution in [0.4, 0.5) is 0 Å². The van der Waals surface area contributed by atoms with Crippen LogP contribution in [-0.4, -0.2) is 74.2 Å². The maximum absolute atomic E-state index is 11.0. The minimum Gasteiger partial charge on any atom is -0.481 e. The monoisotopic (exact) mass is 293 g/mol. The smallest absolute Gasteiger partial charge is 0.320 e. The molecule has 1 heterocycles. The van der Waals surface area contributed by atoms with Crippen molar-refractivity contribution in [3.05, 3.63) is 0 Å². The minimum absolute atomic E-state index is 0.204. The molecule has 0 bridgehead atoms. The maximum Gasteiger partial charge on any atom is 0.320 e. The number of aliphatic carboxylic acids is 2. The molecule has 1 aliphatic heterocycles. The third-order valence-electron chi connectivity index (χ3n) is 3.16. The Morgan fingerprint density at radius 1 is 1.15 bits per heavy atom. The lowest BCUT2D eigenvalue weighted by Gasteiger charge is -2.40. The van der Waals surface area contributed by atoms with Crippen LogP contribution in [0.3, 0.4) is 0 Å². The van der Waals surface area contributed by atoms with Crippen molar-refractivity contribution in [2.75, 3.05) is 0 Å². The zero-order valence-electron chi connectivity index (χ0n) is 10.8. The molecule has 116 valence electrons. The molecule has 6 N–H and O–H groups in total. The highest BCUT2D eigenvalue weighted by atomic mass is 16.5. The van der Waals surface area contributed by atoms with E-state index in [9.17, 15) is 24.9 Å². The minimum atomic E-state index is -1.52. The Morgan fingerprint density at radius 2 is 1.75 bits per heavy atom. The van der Waals surface area contributed by atoms with Crippen LogP contribution in [0.2, 0.25) is 0 Å². The quantitative estimate of drug-likeness (QED) is 0.317. The van der Waals surface area contributed by atoms with E-state index in [1.807, 2.05) is 0 Å². The summed E-state index contributed by atoms with van der Waals surface area (Å²) in [7, 11) is 0. The summed E-state index contributed by atoms with van der Waals surface area (Å²) in [6, 6.07) is -1.25. The number of carboxylic acid groups (broad SMARTS) is 2. The van der Waals surface area contributed by atoms with Crippen molar-refractivity contribution in [2.45, 2.75) is 56.5 Å². The van der Waals surface area contributed by atoms with E-state index in [-0.39, 0.29) is 12.8 Å². The van der Waals surface area contributed by atoms with E-state index in [4.69, 9.17) is 14.9 Å². The lowest BCUT2D eigenvalue weighted by molar-refractivity contribution is -0.227. The zero-order valence-corrected chi connectivity index (χ0v) is 10.8. The van der Waals surface area contributed by atoms with Crippen LogP contribution in [0.25, 0.3) is 0 Å². The summed E-state index contributed by atoms with van der Waals surface area (Å²) < 4.78 is 5.19. The number of rotatable bonds is 6. The Hall–Kier alpha value is -1.26. The molecule has 1 aliphatic rings. The topological polar surface area (TPSA) is 157 Å². The second-order valence-corrected chi connectivity index (χ2v) is 4.72. The molecule has 0 aromatic rings. The molecule has 0 amide bonds. The average molecular weight is 293 g/mol. The molecule has 6 atom stereocenters. The summed E-state index contributed by atoms with van der Waals surface area (Å²) in [5.41, 5.74) is 0. The van der Waals surface area contributed by atoms with Crippen LogP contribution in [0.5, 0.6) is 0 Å². The third kappa shape index (κ3) is 4.12. The predicted molar refractivity (Wildman–Crippen MR) is 63.8 cm³/mol. The first-order valence-electron chi connectivity index (χ1n) is 6.14.